The van der Waals surface area contributed by atoms with E-state index >= 15 is 0 Å². The fourth-order valence-electron chi connectivity index (χ4n) is 3.16. The molecule has 0 aliphatic rings. The molecule has 0 aliphatic carbocycles. The predicted molar refractivity (Wildman–Crippen MR) is 99.0 cm³/mol. The van der Waals surface area contributed by atoms with Gasteiger partial charge in [-0.05, 0) is 0 Å². The SMILES string of the molecule is CCC[CH2][Sn]([CH2]CCC)([CH2]CCC)[c]1cc(C)c(C=O)s1. The van der Waals surface area contributed by atoms with Crippen LogP contribution in [0.4, 0.5) is 0 Å². The van der Waals surface area contributed by atoms with Crippen LogP contribution in [0.5, 0.6) is 0 Å². The Labute approximate surface area is 139 Å². The molecule has 0 spiro atoms. The normalized spacial score (nSPS) is 11.8. The van der Waals surface area contributed by atoms with E-state index in [4.69, 9.17) is 0 Å². The van der Waals surface area contributed by atoms with Crippen molar-refractivity contribution in [3.8, 4) is 0 Å². The molecule has 0 aliphatic heterocycles. The molecule has 0 amide bonds. The van der Waals surface area contributed by atoms with Crippen LogP contribution in [0.1, 0.15) is 74.5 Å². The van der Waals surface area contributed by atoms with Crippen molar-refractivity contribution in [2.45, 2.75) is 79.5 Å². The second-order valence-corrected chi connectivity index (χ2v) is 21.6. The van der Waals surface area contributed by atoms with E-state index in [1.54, 1.807) is 2.89 Å². The summed E-state index contributed by atoms with van der Waals surface area (Å²) < 4.78 is 6.15. The van der Waals surface area contributed by atoms with Crippen molar-refractivity contribution in [1.82, 2.24) is 0 Å². The number of hydrogen-bond acceptors (Lipinski definition) is 2. The van der Waals surface area contributed by atoms with Gasteiger partial charge >= 0.3 is 140 Å². The molecule has 3 heteroatoms. The van der Waals surface area contributed by atoms with Crippen LogP contribution in [0.2, 0.25) is 13.3 Å². The minimum atomic E-state index is -2.28. The van der Waals surface area contributed by atoms with Crippen molar-refractivity contribution >= 4 is 38.9 Å². The van der Waals surface area contributed by atoms with Gasteiger partial charge in [0.2, 0.25) is 0 Å². The molecule has 1 aromatic rings. The Hall–Kier alpha value is 0.169. The van der Waals surface area contributed by atoms with Gasteiger partial charge in [-0.1, -0.05) is 0 Å². The quantitative estimate of drug-likeness (QED) is 0.324. The first-order valence-electron chi connectivity index (χ1n) is 8.69. The van der Waals surface area contributed by atoms with Gasteiger partial charge in [0, 0.05) is 0 Å². The number of unbranched alkanes of at least 4 members (excludes halogenated alkanes) is 3. The van der Waals surface area contributed by atoms with Gasteiger partial charge in [-0.2, -0.15) is 0 Å². The zero-order valence-electron chi connectivity index (χ0n) is 14.3. The van der Waals surface area contributed by atoms with Crippen LogP contribution >= 0.6 is 11.3 Å². The molecule has 1 aromatic heterocycles. The van der Waals surface area contributed by atoms with E-state index in [0.717, 1.165) is 11.2 Å². The average molecular weight is 415 g/mol. The first-order valence-corrected chi connectivity index (χ1v) is 17.0. The Bertz CT molecular complexity index is 403. The van der Waals surface area contributed by atoms with Gasteiger partial charge in [-0.15, -0.1) is 0 Å². The summed E-state index contributed by atoms with van der Waals surface area (Å²) in [6.07, 6.45) is 9.15. The van der Waals surface area contributed by atoms with E-state index in [9.17, 15) is 4.79 Å². The summed E-state index contributed by atoms with van der Waals surface area (Å²) in [5.41, 5.74) is 1.22. The van der Waals surface area contributed by atoms with Gasteiger partial charge in [-0.25, -0.2) is 0 Å². The van der Waals surface area contributed by atoms with Crippen LogP contribution in [0.25, 0.3) is 0 Å². The Morgan fingerprint density at radius 3 is 1.81 bits per heavy atom. The Kier molecular flexibility index (Phi) is 9.19. The first-order chi connectivity index (χ1) is 10.1. The van der Waals surface area contributed by atoms with E-state index in [1.165, 1.54) is 57.4 Å². The summed E-state index contributed by atoms with van der Waals surface area (Å²) in [6, 6.07) is 2.39. The molecule has 0 atom stereocenters. The third kappa shape index (κ3) is 5.38. The molecule has 1 rings (SSSR count). The number of aryl methyl sites for hydroxylation is 1. The maximum absolute atomic E-state index is 11.2. The molecule has 1 nitrogen and oxygen atoms in total. The molecule has 0 unspecified atom stereocenters. The summed E-state index contributed by atoms with van der Waals surface area (Å²) in [5, 5.41) is 0. The molecule has 120 valence electrons. The van der Waals surface area contributed by atoms with Crippen LogP contribution in [0, 0.1) is 6.92 Å². The number of rotatable bonds is 11. The summed E-state index contributed by atoms with van der Waals surface area (Å²) in [6.45, 7) is 9.05. The van der Waals surface area contributed by atoms with E-state index in [0.29, 0.717) is 0 Å². The third-order valence-electron chi connectivity index (χ3n) is 4.61. The molecule has 0 bridgehead atoms. The van der Waals surface area contributed by atoms with E-state index in [-0.39, 0.29) is 0 Å². The third-order valence-corrected chi connectivity index (χ3v) is 24.0. The van der Waals surface area contributed by atoms with Gasteiger partial charge < -0.3 is 0 Å². The van der Waals surface area contributed by atoms with Crippen molar-refractivity contribution < 1.29 is 4.79 Å². The fraction of sp³-hybridized carbons (Fsp3) is 0.722. The summed E-state index contributed by atoms with van der Waals surface area (Å²) in [4.78, 5) is 12.2. The second-order valence-electron chi connectivity index (χ2n) is 6.37. The van der Waals surface area contributed by atoms with Crippen LogP contribution in [-0.2, 0) is 0 Å². The summed E-state index contributed by atoms with van der Waals surface area (Å²) in [7, 11) is 0. The average Bonchev–Trinajstić information content (AvgIpc) is 2.88. The van der Waals surface area contributed by atoms with Gasteiger partial charge in [-0.3, -0.25) is 0 Å². The molecule has 1 heterocycles. The molecule has 0 radical (unpaired) electrons. The summed E-state index contributed by atoms with van der Waals surface area (Å²) in [5.74, 6) is 0. The predicted octanol–water partition coefficient (Wildman–Crippen LogP) is 5.93. The standard InChI is InChI=1S/C6H5OS.3C4H9.Sn/c1-5-2-3-8-6(5)4-7;3*1-3-4-2;/h2,4H,1H3;3*1,3-4H2,2H3;. The first kappa shape index (κ1) is 19.2. The van der Waals surface area contributed by atoms with Crippen molar-refractivity contribution in [2.75, 3.05) is 0 Å². The van der Waals surface area contributed by atoms with E-state index < -0.39 is 18.4 Å². The number of carbonyl (C=O) groups is 1. The van der Waals surface area contributed by atoms with Crippen LogP contribution in [-0.4, -0.2) is 24.7 Å². The molecule has 0 N–H and O–H groups in total. The maximum atomic E-state index is 11.2. The van der Waals surface area contributed by atoms with Crippen LogP contribution < -0.4 is 2.89 Å². The van der Waals surface area contributed by atoms with Crippen molar-refractivity contribution in [3.63, 3.8) is 0 Å². The Morgan fingerprint density at radius 1 is 1.00 bits per heavy atom. The van der Waals surface area contributed by atoms with Crippen molar-refractivity contribution in [1.29, 1.82) is 0 Å². The van der Waals surface area contributed by atoms with Gasteiger partial charge in [0.1, 0.15) is 0 Å². The molecule has 0 saturated heterocycles. The Morgan fingerprint density at radius 2 is 1.48 bits per heavy atom. The van der Waals surface area contributed by atoms with Crippen molar-refractivity contribution in [3.05, 3.63) is 16.5 Å². The topological polar surface area (TPSA) is 17.1 Å². The Balaban J connectivity index is 3.12. The molecule has 0 fully saturated rings. The van der Waals surface area contributed by atoms with Crippen LogP contribution in [0.15, 0.2) is 6.07 Å². The van der Waals surface area contributed by atoms with Gasteiger partial charge in [0.15, 0.2) is 0 Å². The number of aldehydes is 1. The zero-order valence-corrected chi connectivity index (χ0v) is 18.0. The molecule has 0 saturated carbocycles. The second kappa shape index (κ2) is 10.0. The minimum absolute atomic E-state index is 0.982. The molecule has 21 heavy (non-hydrogen) atoms. The molecule has 0 aromatic carbocycles. The monoisotopic (exact) mass is 416 g/mol. The van der Waals surface area contributed by atoms with Gasteiger partial charge in [0.25, 0.3) is 0 Å². The fourth-order valence-corrected chi connectivity index (χ4v) is 23.5. The van der Waals surface area contributed by atoms with Crippen LogP contribution in [0.3, 0.4) is 0 Å². The van der Waals surface area contributed by atoms with Crippen molar-refractivity contribution in [2.24, 2.45) is 0 Å². The summed E-state index contributed by atoms with van der Waals surface area (Å²) >= 11 is -0.439. The molecular weight excluding hydrogens is 383 g/mol. The van der Waals surface area contributed by atoms with E-state index in [1.807, 2.05) is 11.3 Å². The zero-order chi connectivity index (χ0) is 15.7. The van der Waals surface area contributed by atoms with Gasteiger partial charge in [0.05, 0.1) is 0 Å². The number of thiophene rings is 1. The number of hydrogen-bond donors (Lipinski definition) is 0. The van der Waals surface area contributed by atoms with E-state index in [2.05, 4.69) is 33.8 Å². The molecular formula is C18H32OSSn. The number of carbonyl (C=O) groups excluding carboxylic acids is 1.